The number of hydrogen-bond acceptors (Lipinski definition) is 6. The van der Waals surface area contributed by atoms with Crippen molar-refractivity contribution in [2.75, 3.05) is 7.11 Å². The maximum atomic E-state index is 13.8. The minimum atomic E-state index is -2.15. The number of methoxy groups -OCH3 is 1. The standard InChI is InChI=1S/C25H42N2O6Si/c1-24(2,3)32-23(30)26-16-17-13-11-10-12-14-18-20(33-34(8,9)25(4,5)6)15-19(22(29)31-7)27(18)21(17)28/h10-11,16-20H,12-15H2,1-9H3/b11-10-,26-16+/t17?,18-,19-,20?/m0/s1. The van der Waals surface area contributed by atoms with Crippen LogP contribution < -0.4 is 0 Å². The van der Waals surface area contributed by atoms with Crippen LogP contribution in [0.1, 0.15) is 67.2 Å². The lowest BCUT2D eigenvalue weighted by Gasteiger charge is -2.40. The SMILES string of the molecule is COC(=O)[C@@H]1CC(O[Si](C)(C)C(C)(C)C)[C@@H]2CC/C=C\CC(/C=N/C(=O)OC(C)(C)C)C(=O)N12. The zero-order valence-corrected chi connectivity index (χ0v) is 23.2. The average molecular weight is 495 g/mol. The van der Waals surface area contributed by atoms with E-state index in [1.54, 1.807) is 25.7 Å². The van der Waals surface area contributed by atoms with Gasteiger partial charge in [-0.05, 0) is 58.2 Å². The molecule has 9 heteroatoms. The maximum absolute atomic E-state index is 13.8. The molecule has 2 amide bonds. The number of hydrogen-bond donors (Lipinski definition) is 0. The first-order chi connectivity index (χ1) is 15.6. The van der Waals surface area contributed by atoms with Crippen molar-refractivity contribution < 1.29 is 28.3 Å². The number of amides is 2. The zero-order valence-electron chi connectivity index (χ0n) is 22.2. The Labute approximate surface area is 205 Å². The largest absolute Gasteiger partial charge is 0.467 e. The lowest BCUT2D eigenvalue weighted by Crippen LogP contribution is -2.51. The van der Waals surface area contributed by atoms with Gasteiger partial charge in [0.2, 0.25) is 5.91 Å². The minimum Gasteiger partial charge on any atom is -0.467 e. The monoisotopic (exact) mass is 494 g/mol. The summed E-state index contributed by atoms with van der Waals surface area (Å²) in [6.45, 7) is 16.1. The van der Waals surface area contributed by atoms with Crippen LogP contribution in [0.4, 0.5) is 4.79 Å². The van der Waals surface area contributed by atoms with Crippen LogP contribution in [0.5, 0.6) is 0 Å². The Bertz CT molecular complexity index is 824. The average Bonchev–Trinajstić information content (AvgIpc) is 3.06. The van der Waals surface area contributed by atoms with Gasteiger partial charge in [0.15, 0.2) is 8.32 Å². The van der Waals surface area contributed by atoms with Crippen LogP contribution in [-0.4, -0.2) is 68.3 Å². The normalized spacial score (nSPS) is 27.6. The molecule has 1 fully saturated rings. The summed E-state index contributed by atoms with van der Waals surface area (Å²) in [7, 11) is -0.814. The summed E-state index contributed by atoms with van der Waals surface area (Å²) in [6.07, 6.45) is 6.54. The number of allylic oxidation sites excluding steroid dienone is 2. The third kappa shape index (κ3) is 7.01. The lowest BCUT2D eigenvalue weighted by molar-refractivity contribution is -0.153. The van der Waals surface area contributed by atoms with Gasteiger partial charge in [-0.1, -0.05) is 32.9 Å². The molecule has 0 aliphatic carbocycles. The van der Waals surface area contributed by atoms with Crippen molar-refractivity contribution in [3.05, 3.63) is 12.2 Å². The van der Waals surface area contributed by atoms with Crippen molar-refractivity contribution in [2.45, 2.75) is 109 Å². The molecule has 0 aromatic rings. The van der Waals surface area contributed by atoms with Crippen molar-refractivity contribution in [3.8, 4) is 0 Å². The molecule has 0 radical (unpaired) electrons. The van der Waals surface area contributed by atoms with Crippen LogP contribution in [0.15, 0.2) is 17.1 Å². The Morgan fingerprint density at radius 2 is 1.79 bits per heavy atom. The van der Waals surface area contributed by atoms with E-state index in [2.05, 4.69) is 38.9 Å². The van der Waals surface area contributed by atoms with E-state index in [-0.39, 0.29) is 23.1 Å². The van der Waals surface area contributed by atoms with Crippen LogP contribution in [0, 0.1) is 5.92 Å². The lowest BCUT2D eigenvalue weighted by atomic mass is 10.0. The summed E-state index contributed by atoms with van der Waals surface area (Å²) in [6, 6.07) is -0.987. The molecule has 34 heavy (non-hydrogen) atoms. The summed E-state index contributed by atoms with van der Waals surface area (Å²) in [5.74, 6) is -1.39. The topological polar surface area (TPSA) is 94.5 Å². The van der Waals surface area contributed by atoms with Gasteiger partial charge in [-0.2, -0.15) is 4.99 Å². The van der Waals surface area contributed by atoms with E-state index in [0.717, 1.165) is 6.42 Å². The number of ether oxygens (including phenoxy) is 2. The summed E-state index contributed by atoms with van der Waals surface area (Å²) >= 11 is 0. The molecule has 0 bridgehead atoms. The molecule has 1 saturated heterocycles. The van der Waals surface area contributed by atoms with Gasteiger partial charge < -0.3 is 18.8 Å². The summed E-state index contributed by atoms with van der Waals surface area (Å²) < 4.78 is 17.0. The van der Waals surface area contributed by atoms with E-state index in [0.29, 0.717) is 19.3 Å². The molecular weight excluding hydrogens is 452 g/mol. The third-order valence-electron chi connectivity index (χ3n) is 6.81. The molecule has 2 heterocycles. The summed E-state index contributed by atoms with van der Waals surface area (Å²) in [5.41, 5.74) is -0.679. The van der Waals surface area contributed by atoms with Crippen molar-refractivity contribution >= 4 is 32.5 Å². The molecular formula is C25H42N2O6Si. The molecule has 0 aromatic carbocycles. The highest BCUT2D eigenvalue weighted by Crippen LogP contribution is 2.41. The Hall–Kier alpha value is -2.00. The first kappa shape index (κ1) is 28.2. The quantitative estimate of drug-likeness (QED) is 0.239. The Morgan fingerprint density at radius 3 is 2.35 bits per heavy atom. The number of carbonyl (C=O) groups excluding carboxylic acids is 3. The molecule has 0 N–H and O–H groups in total. The predicted molar refractivity (Wildman–Crippen MR) is 134 cm³/mol. The van der Waals surface area contributed by atoms with Gasteiger partial charge in [-0.15, -0.1) is 0 Å². The van der Waals surface area contributed by atoms with E-state index in [4.69, 9.17) is 13.9 Å². The number of nitrogens with zero attached hydrogens (tertiary/aromatic N) is 2. The maximum Gasteiger partial charge on any atom is 0.433 e. The number of fused-ring (bicyclic) bond motifs is 1. The zero-order chi connectivity index (χ0) is 25.9. The van der Waals surface area contributed by atoms with E-state index in [1.165, 1.54) is 13.3 Å². The molecule has 2 unspecified atom stereocenters. The van der Waals surface area contributed by atoms with Crippen LogP contribution in [0.25, 0.3) is 0 Å². The van der Waals surface area contributed by atoms with E-state index in [9.17, 15) is 14.4 Å². The van der Waals surface area contributed by atoms with Gasteiger partial charge in [-0.3, -0.25) is 4.79 Å². The van der Waals surface area contributed by atoms with Crippen LogP contribution in [0.2, 0.25) is 18.1 Å². The van der Waals surface area contributed by atoms with Gasteiger partial charge in [0.1, 0.15) is 11.6 Å². The Kier molecular flexibility index (Phi) is 8.91. The fraction of sp³-hybridized carbons (Fsp3) is 0.760. The Morgan fingerprint density at radius 1 is 1.15 bits per heavy atom. The highest BCUT2D eigenvalue weighted by atomic mass is 28.4. The highest BCUT2D eigenvalue weighted by molar-refractivity contribution is 6.74. The molecule has 0 saturated carbocycles. The summed E-state index contributed by atoms with van der Waals surface area (Å²) in [5, 5.41) is -0.00773. The van der Waals surface area contributed by atoms with Crippen molar-refractivity contribution in [1.82, 2.24) is 4.90 Å². The van der Waals surface area contributed by atoms with E-state index < -0.39 is 37.9 Å². The van der Waals surface area contributed by atoms with Crippen molar-refractivity contribution in [3.63, 3.8) is 0 Å². The first-order valence-corrected chi connectivity index (χ1v) is 15.0. The van der Waals surface area contributed by atoms with Gasteiger partial charge in [-0.25, -0.2) is 9.59 Å². The van der Waals surface area contributed by atoms with Gasteiger partial charge in [0.25, 0.3) is 0 Å². The van der Waals surface area contributed by atoms with Crippen LogP contribution in [-0.2, 0) is 23.5 Å². The fourth-order valence-electron chi connectivity index (χ4n) is 4.05. The second-order valence-electron chi connectivity index (χ2n) is 11.7. The molecule has 192 valence electrons. The van der Waals surface area contributed by atoms with E-state index in [1.807, 2.05) is 12.2 Å². The number of rotatable bonds is 4. The molecule has 0 aromatic heterocycles. The second-order valence-corrected chi connectivity index (χ2v) is 16.4. The van der Waals surface area contributed by atoms with Crippen molar-refractivity contribution in [1.29, 1.82) is 0 Å². The van der Waals surface area contributed by atoms with Crippen LogP contribution >= 0.6 is 0 Å². The minimum absolute atomic E-state index is 0.00773. The van der Waals surface area contributed by atoms with E-state index >= 15 is 0 Å². The third-order valence-corrected chi connectivity index (χ3v) is 11.3. The second kappa shape index (κ2) is 10.7. The summed E-state index contributed by atoms with van der Waals surface area (Å²) in [4.78, 5) is 44.2. The predicted octanol–water partition coefficient (Wildman–Crippen LogP) is 4.88. The molecule has 8 nitrogen and oxygen atoms in total. The molecule has 2 aliphatic heterocycles. The number of esters is 1. The highest BCUT2D eigenvalue weighted by Gasteiger charge is 2.51. The van der Waals surface area contributed by atoms with Gasteiger partial charge >= 0.3 is 12.1 Å². The Balaban J connectivity index is 2.38. The van der Waals surface area contributed by atoms with Gasteiger partial charge in [0, 0.05) is 12.6 Å². The molecule has 0 spiro atoms. The number of aliphatic imine (C=N–C) groups is 1. The van der Waals surface area contributed by atoms with Crippen molar-refractivity contribution in [2.24, 2.45) is 10.9 Å². The molecule has 4 atom stereocenters. The fourth-order valence-corrected chi connectivity index (χ4v) is 5.42. The number of carbonyl (C=O) groups is 3. The van der Waals surface area contributed by atoms with Crippen LogP contribution in [0.3, 0.4) is 0 Å². The molecule has 2 aliphatic rings. The first-order valence-electron chi connectivity index (χ1n) is 12.1. The molecule has 2 rings (SSSR count). The van der Waals surface area contributed by atoms with Gasteiger partial charge in [0.05, 0.1) is 25.2 Å². The smallest absolute Gasteiger partial charge is 0.433 e.